The number of rotatable bonds is 2. The third-order valence-electron chi connectivity index (χ3n) is 4.71. The molecule has 1 aromatic heterocycles. The van der Waals surface area contributed by atoms with Crippen molar-refractivity contribution in [1.29, 1.82) is 0 Å². The van der Waals surface area contributed by atoms with E-state index >= 15 is 0 Å². The lowest BCUT2D eigenvalue weighted by molar-refractivity contribution is -0.0190. The molecule has 6 heteroatoms. The lowest BCUT2D eigenvalue weighted by Crippen LogP contribution is -2.33. The van der Waals surface area contributed by atoms with Gasteiger partial charge >= 0.3 is 0 Å². The Morgan fingerprint density at radius 3 is 2.62 bits per heavy atom. The fraction of sp³-hybridized carbons (Fsp3) is 0.150. The molecular formula is C20H14Cl2N2OS. The number of benzene rings is 2. The Bertz CT molecular complexity index is 986. The Morgan fingerprint density at radius 2 is 1.85 bits per heavy atom. The Labute approximate surface area is 165 Å². The summed E-state index contributed by atoms with van der Waals surface area (Å²) >= 11 is 14.0. The molecule has 0 unspecified atom stereocenters. The quantitative estimate of drug-likeness (QED) is 0.504. The average molecular weight is 401 g/mol. The molecule has 2 atom stereocenters. The third kappa shape index (κ3) is 2.69. The van der Waals surface area contributed by atoms with Gasteiger partial charge in [0.1, 0.15) is 5.75 Å². The normalized spacial score (nSPS) is 21.0. The minimum absolute atomic E-state index is 0.107. The van der Waals surface area contributed by atoms with Crippen molar-refractivity contribution in [2.45, 2.75) is 18.7 Å². The van der Waals surface area contributed by atoms with Crippen molar-refractivity contribution < 1.29 is 4.74 Å². The average Bonchev–Trinajstić information content (AvgIpc) is 3.32. The molecule has 0 saturated carbocycles. The molecule has 0 spiro atoms. The van der Waals surface area contributed by atoms with E-state index in [4.69, 9.17) is 33.0 Å². The molecule has 0 bridgehead atoms. The van der Waals surface area contributed by atoms with Gasteiger partial charge in [0.25, 0.3) is 0 Å². The van der Waals surface area contributed by atoms with Crippen molar-refractivity contribution in [1.82, 2.24) is 5.01 Å². The molecule has 130 valence electrons. The van der Waals surface area contributed by atoms with Gasteiger partial charge in [-0.15, -0.1) is 11.3 Å². The monoisotopic (exact) mass is 400 g/mol. The molecule has 0 saturated heterocycles. The lowest BCUT2D eigenvalue weighted by Gasteiger charge is -2.38. The molecule has 0 aliphatic carbocycles. The zero-order valence-corrected chi connectivity index (χ0v) is 15.9. The maximum Gasteiger partial charge on any atom is 0.213 e. The molecule has 0 amide bonds. The van der Waals surface area contributed by atoms with Crippen molar-refractivity contribution in [3.8, 4) is 5.75 Å². The van der Waals surface area contributed by atoms with E-state index in [0.717, 1.165) is 29.0 Å². The molecule has 0 fully saturated rings. The summed E-state index contributed by atoms with van der Waals surface area (Å²) < 4.78 is 6.31. The van der Waals surface area contributed by atoms with Gasteiger partial charge in [0, 0.05) is 27.6 Å². The number of hydrogen-bond donors (Lipinski definition) is 0. The van der Waals surface area contributed by atoms with E-state index < -0.39 is 0 Å². The van der Waals surface area contributed by atoms with E-state index in [1.165, 1.54) is 4.88 Å². The highest BCUT2D eigenvalue weighted by molar-refractivity contribution is 7.12. The summed E-state index contributed by atoms with van der Waals surface area (Å²) in [7, 11) is 0. The maximum atomic E-state index is 6.31. The van der Waals surface area contributed by atoms with Gasteiger partial charge in [0.05, 0.1) is 16.6 Å². The first kappa shape index (κ1) is 16.2. The zero-order valence-electron chi connectivity index (χ0n) is 13.6. The van der Waals surface area contributed by atoms with Crippen LogP contribution in [0.4, 0.5) is 0 Å². The van der Waals surface area contributed by atoms with Gasteiger partial charge in [0.15, 0.2) is 0 Å². The van der Waals surface area contributed by atoms with Crippen LogP contribution in [0.25, 0.3) is 0 Å². The molecule has 0 radical (unpaired) electrons. The third-order valence-corrected chi connectivity index (χ3v) is 6.12. The van der Waals surface area contributed by atoms with Gasteiger partial charge in [-0.25, -0.2) is 5.01 Å². The summed E-state index contributed by atoms with van der Waals surface area (Å²) in [5.41, 5.74) is 3.19. The molecule has 26 heavy (non-hydrogen) atoms. The van der Waals surface area contributed by atoms with Crippen LogP contribution in [0.2, 0.25) is 10.0 Å². The standard InChI is InChI=1S/C20H14Cl2N2OS/c21-13-5-3-12(4-6-13)20-24-17(11-16(23-24)19-2-1-9-26-19)15-10-14(22)7-8-18(15)25-20/h1-10,17,20H,11H2/t17-,20-/m1/s1. The molecule has 3 heterocycles. The lowest BCUT2D eigenvalue weighted by atomic mass is 9.97. The van der Waals surface area contributed by atoms with Gasteiger partial charge in [-0.05, 0) is 41.8 Å². The highest BCUT2D eigenvalue weighted by Crippen LogP contribution is 2.48. The van der Waals surface area contributed by atoms with Gasteiger partial charge < -0.3 is 4.74 Å². The van der Waals surface area contributed by atoms with Crippen molar-refractivity contribution in [3.63, 3.8) is 0 Å². The fourth-order valence-electron chi connectivity index (χ4n) is 3.50. The Hall–Kier alpha value is -2.01. The van der Waals surface area contributed by atoms with Crippen LogP contribution in [0.5, 0.6) is 5.75 Å². The fourth-order valence-corrected chi connectivity index (χ4v) is 4.52. The highest BCUT2D eigenvalue weighted by atomic mass is 35.5. The minimum Gasteiger partial charge on any atom is -0.464 e. The molecule has 3 aromatic rings. The Balaban J connectivity index is 1.61. The number of hydrazone groups is 1. The topological polar surface area (TPSA) is 24.8 Å². The number of nitrogens with zero attached hydrogens (tertiary/aromatic N) is 2. The second kappa shape index (κ2) is 6.31. The molecule has 2 aromatic carbocycles. The SMILES string of the molecule is Clc1ccc([C@H]2Oc3ccc(Cl)cc3[C@H]3CC(c4cccs4)=NN32)cc1. The summed E-state index contributed by atoms with van der Waals surface area (Å²) in [4.78, 5) is 1.19. The molecular weight excluding hydrogens is 387 g/mol. The second-order valence-electron chi connectivity index (χ2n) is 6.33. The van der Waals surface area contributed by atoms with E-state index in [-0.39, 0.29) is 12.3 Å². The molecule has 2 aliphatic heterocycles. The zero-order chi connectivity index (χ0) is 17.7. The number of halogens is 2. The van der Waals surface area contributed by atoms with Crippen LogP contribution in [0, 0.1) is 0 Å². The first-order valence-electron chi connectivity index (χ1n) is 8.30. The van der Waals surface area contributed by atoms with E-state index in [1.54, 1.807) is 11.3 Å². The van der Waals surface area contributed by atoms with E-state index in [2.05, 4.69) is 22.5 Å². The summed E-state index contributed by atoms with van der Waals surface area (Å²) in [6, 6.07) is 17.8. The van der Waals surface area contributed by atoms with Crippen LogP contribution in [-0.2, 0) is 0 Å². The van der Waals surface area contributed by atoms with Crippen LogP contribution < -0.4 is 4.74 Å². The molecule has 2 aliphatic rings. The maximum absolute atomic E-state index is 6.31. The first-order chi connectivity index (χ1) is 12.7. The van der Waals surface area contributed by atoms with Gasteiger partial charge in [-0.2, -0.15) is 5.10 Å². The van der Waals surface area contributed by atoms with Crippen LogP contribution in [-0.4, -0.2) is 10.7 Å². The van der Waals surface area contributed by atoms with Crippen molar-refractivity contribution >= 4 is 40.3 Å². The van der Waals surface area contributed by atoms with Crippen LogP contribution >= 0.6 is 34.5 Å². The second-order valence-corrected chi connectivity index (χ2v) is 8.15. The van der Waals surface area contributed by atoms with Crippen LogP contribution in [0.15, 0.2) is 65.1 Å². The Kier molecular flexibility index (Phi) is 3.92. The number of thiophene rings is 1. The first-order valence-corrected chi connectivity index (χ1v) is 9.94. The van der Waals surface area contributed by atoms with Crippen LogP contribution in [0.1, 0.15) is 34.7 Å². The Morgan fingerprint density at radius 1 is 1.04 bits per heavy atom. The van der Waals surface area contributed by atoms with E-state index in [1.807, 2.05) is 42.5 Å². The predicted molar refractivity (Wildman–Crippen MR) is 106 cm³/mol. The smallest absolute Gasteiger partial charge is 0.213 e. The van der Waals surface area contributed by atoms with Gasteiger partial charge in [0.2, 0.25) is 6.23 Å². The largest absolute Gasteiger partial charge is 0.464 e. The number of fused-ring (bicyclic) bond motifs is 3. The van der Waals surface area contributed by atoms with Crippen molar-refractivity contribution in [2.24, 2.45) is 5.10 Å². The molecule has 0 N–H and O–H groups in total. The highest BCUT2D eigenvalue weighted by Gasteiger charge is 2.41. The predicted octanol–water partition coefficient (Wildman–Crippen LogP) is 6.30. The van der Waals surface area contributed by atoms with Gasteiger partial charge in [-0.3, -0.25) is 0 Å². The van der Waals surface area contributed by atoms with E-state index in [0.29, 0.717) is 10.0 Å². The van der Waals surface area contributed by atoms with Crippen molar-refractivity contribution in [3.05, 3.63) is 86.0 Å². The summed E-state index contributed by atoms with van der Waals surface area (Å²) in [5.74, 6) is 0.859. The number of hydrogen-bond acceptors (Lipinski definition) is 4. The van der Waals surface area contributed by atoms with Gasteiger partial charge in [-0.1, -0.05) is 41.4 Å². The van der Waals surface area contributed by atoms with Crippen molar-refractivity contribution in [2.75, 3.05) is 0 Å². The van der Waals surface area contributed by atoms with Crippen LogP contribution in [0.3, 0.4) is 0 Å². The molecule has 5 rings (SSSR count). The summed E-state index contributed by atoms with van der Waals surface area (Å²) in [5, 5.41) is 10.5. The van der Waals surface area contributed by atoms with E-state index in [9.17, 15) is 0 Å². The number of ether oxygens (including phenoxy) is 1. The summed E-state index contributed by atoms with van der Waals surface area (Å²) in [6.07, 6.45) is 0.546. The molecule has 3 nitrogen and oxygen atoms in total. The summed E-state index contributed by atoms with van der Waals surface area (Å²) in [6.45, 7) is 0. The minimum atomic E-state index is -0.289.